The van der Waals surface area contributed by atoms with Gasteiger partial charge in [0.25, 0.3) is 0 Å². The molecule has 0 unspecified atom stereocenters. The molecule has 0 spiro atoms. The normalized spacial score (nSPS) is 11.1. The zero-order valence-electron chi connectivity index (χ0n) is 9.57. The molecular formula is C13H8Br2FN3. The fourth-order valence-electron chi connectivity index (χ4n) is 2.00. The van der Waals surface area contributed by atoms with Crippen molar-refractivity contribution in [2.24, 2.45) is 0 Å². The molecular weight excluding hydrogens is 377 g/mol. The fourth-order valence-corrected chi connectivity index (χ4v) is 3.22. The molecule has 1 aromatic heterocycles. The maximum absolute atomic E-state index is 13.7. The van der Waals surface area contributed by atoms with E-state index in [0.29, 0.717) is 5.52 Å². The molecule has 0 amide bonds. The minimum Gasteiger partial charge on any atom is -0.369 e. The predicted octanol–water partition coefficient (Wildman–Crippen LogP) is 4.27. The van der Waals surface area contributed by atoms with Gasteiger partial charge >= 0.3 is 0 Å². The van der Waals surface area contributed by atoms with Gasteiger partial charge in [-0.1, -0.05) is 22.0 Å². The summed E-state index contributed by atoms with van der Waals surface area (Å²) >= 11 is 6.87. The van der Waals surface area contributed by atoms with Crippen LogP contribution in [0.3, 0.4) is 0 Å². The summed E-state index contributed by atoms with van der Waals surface area (Å²) in [5.41, 5.74) is 7.64. The van der Waals surface area contributed by atoms with E-state index in [-0.39, 0.29) is 17.3 Å². The van der Waals surface area contributed by atoms with Gasteiger partial charge in [-0.05, 0) is 46.3 Å². The van der Waals surface area contributed by atoms with Crippen LogP contribution in [0.25, 0.3) is 16.7 Å². The van der Waals surface area contributed by atoms with Crippen LogP contribution in [0.15, 0.2) is 45.3 Å². The van der Waals surface area contributed by atoms with E-state index in [2.05, 4.69) is 36.8 Å². The third kappa shape index (κ3) is 2.04. The van der Waals surface area contributed by atoms with E-state index in [0.717, 1.165) is 14.6 Å². The summed E-state index contributed by atoms with van der Waals surface area (Å²) in [5.74, 6) is -0.126. The summed E-state index contributed by atoms with van der Waals surface area (Å²) in [6.45, 7) is 0. The van der Waals surface area contributed by atoms with Crippen molar-refractivity contribution in [3.63, 3.8) is 0 Å². The number of fused-ring (bicyclic) bond motifs is 1. The molecule has 1 heterocycles. The average Bonchev–Trinajstić information content (AvgIpc) is 2.68. The topological polar surface area (TPSA) is 43.8 Å². The molecule has 0 saturated heterocycles. The van der Waals surface area contributed by atoms with E-state index in [1.54, 1.807) is 16.7 Å². The van der Waals surface area contributed by atoms with Crippen LogP contribution in [0.5, 0.6) is 0 Å². The summed E-state index contributed by atoms with van der Waals surface area (Å²) in [6, 6.07) is 10.5. The number of aromatic nitrogens is 2. The Morgan fingerprint density at radius 3 is 2.68 bits per heavy atom. The lowest BCUT2D eigenvalue weighted by Crippen LogP contribution is -2.01. The molecule has 0 fully saturated rings. The molecule has 0 aliphatic carbocycles. The minimum atomic E-state index is -0.379. The van der Waals surface area contributed by atoms with Crippen molar-refractivity contribution in [3.8, 4) is 5.69 Å². The van der Waals surface area contributed by atoms with Gasteiger partial charge in [-0.3, -0.25) is 4.57 Å². The maximum atomic E-state index is 13.7. The Morgan fingerprint density at radius 2 is 1.95 bits per heavy atom. The maximum Gasteiger partial charge on any atom is 0.206 e. The first kappa shape index (κ1) is 12.6. The Balaban J connectivity index is 2.36. The van der Waals surface area contributed by atoms with Crippen LogP contribution in [0.4, 0.5) is 10.3 Å². The number of halogens is 3. The number of nitrogens with zero attached hydrogens (tertiary/aromatic N) is 2. The van der Waals surface area contributed by atoms with Gasteiger partial charge in [-0.2, -0.15) is 0 Å². The highest BCUT2D eigenvalue weighted by molar-refractivity contribution is 9.11. The molecule has 3 aromatic rings. The Bertz CT molecular complexity index is 783. The number of hydrogen-bond acceptors (Lipinski definition) is 2. The predicted molar refractivity (Wildman–Crippen MR) is 80.8 cm³/mol. The van der Waals surface area contributed by atoms with Crippen molar-refractivity contribution in [2.45, 2.75) is 0 Å². The van der Waals surface area contributed by atoms with Crippen molar-refractivity contribution in [3.05, 3.63) is 51.2 Å². The third-order valence-corrected chi connectivity index (χ3v) is 3.94. The van der Waals surface area contributed by atoms with Crippen LogP contribution in [-0.4, -0.2) is 9.55 Å². The monoisotopic (exact) mass is 383 g/mol. The highest BCUT2D eigenvalue weighted by Crippen LogP contribution is 2.31. The zero-order chi connectivity index (χ0) is 13.6. The minimum absolute atomic E-state index is 0.253. The molecule has 0 aliphatic rings. The number of hydrogen-bond donors (Lipinski definition) is 1. The zero-order valence-corrected chi connectivity index (χ0v) is 12.7. The van der Waals surface area contributed by atoms with Crippen LogP contribution >= 0.6 is 31.9 Å². The van der Waals surface area contributed by atoms with Gasteiger partial charge in [0.2, 0.25) is 5.95 Å². The summed E-state index contributed by atoms with van der Waals surface area (Å²) in [7, 11) is 0. The summed E-state index contributed by atoms with van der Waals surface area (Å²) in [6.07, 6.45) is 0. The van der Waals surface area contributed by atoms with E-state index in [4.69, 9.17) is 5.73 Å². The molecule has 0 atom stereocenters. The number of rotatable bonds is 1. The smallest absolute Gasteiger partial charge is 0.206 e. The van der Waals surface area contributed by atoms with E-state index in [1.807, 2.05) is 18.2 Å². The van der Waals surface area contributed by atoms with Crippen molar-refractivity contribution in [1.29, 1.82) is 0 Å². The van der Waals surface area contributed by atoms with Crippen molar-refractivity contribution in [1.82, 2.24) is 9.55 Å². The van der Waals surface area contributed by atoms with Gasteiger partial charge in [0.1, 0.15) is 5.52 Å². The Labute approximate surface area is 125 Å². The van der Waals surface area contributed by atoms with Gasteiger partial charge in [0.05, 0.1) is 11.2 Å². The molecule has 6 heteroatoms. The van der Waals surface area contributed by atoms with E-state index >= 15 is 0 Å². The Hall–Kier alpha value is -1.40. The fraction of sp³-hybridized carbons (Fsp3) is 0. The second kappa shape index (κ2) is 4.61. The number of nitrogen functional groups attached to an aromatic ring is 1. The van der Waals surface area contributed by atoms with Crippen LogP contribution in [-0.2, 0) is 0 Å². The summed E-state index contributed by atoms with van der Waals surface area (Å²) in [4.78, 5) is 4.09. The van der Waals surface area contributed by atoms with Crippen LogP contribution in [0, 0.1) is 5.82 Å². The quantitative estimate of drug-likeness (QED) is 0.680. The molecule has 2 aromatic carbocycles. The first-order chi connectivity index (χ1) is 9.08. The summed E-state index contributed by atoms with van der Waals surface area (Å²) in [5, 5.41) is 0. The second-order valence-corrected chi connectivity index (χ2v) is 5.78. The van der Waals surface area contributed by atoms with Gasteiger partial charge in [-0.25, -0.2) is 9.37 Å². The number of benzene rings is 2. The largest absolute Gasteiger partial charge is 0.369 e. The average molecular weight is 385 g/mol. The molecule has 19 heavy (non-hydrogen) atoms. The lowest BCUT2D eigenvalue weighted by molar-refractivity contribution is 0.637. The molecule has 2 N–H and O–H groups in total. The van der Waals surface area contributed by atoms with Crippen molar-refractivity contribution < 1.29 is 4.39 Å². The van der Waals surface area contributed by atoms with Crippen molar-refractivity contribution in [2.75, 3.05) is 5.73 Å². The standard InChI is InChI=1S/C13H8Br2FN3/c14-7-4-5-10(8(15)6-7)19-11-3-1-2-9(16)12(11)18-13(19)17/h1-6H,(H2,17,18). The highest BCUT2D eigenvalue weighted by atomic mass is 79.9. The first-order valence-electron chi connectivity index (χ1n) is 5.46. The lowest BCUT2D eigenvalue weighted by atomic mass is 10.2. The molecule has 96 valence electrons. The Morgan fingerprint density at radius 1 is 1.16 bits per heavy atom. The third-order valence-electron chi connectivity index (χ3n) is 2.81. The van der Waals surface area contributed by atoms with Gasteiger partial charge in [0, 0.05) is 8.95 Å². The number of anilines is 1. The molecule has 3 nitrogen and oxygen atoms in total. The van der Waals surface area contributed by atoms with Crippen molar-refractivity contribution >= 4 is 48.8 Å². The second-order valence-electron chi connectivity index (χ2n) is 4.01. The van der Waals surface area contributed by atoms with Gasteiger partial charge < -0.3 is 5.73 Å². The Kier molecular flexibility index (Phi) is 3.06. The number of para-hydroxylation sites is 1. The molecule has 0 bridgehead atoms. The first-order valence-corrected chi connectivity index (χ1v) is 7.04. The van der Waals surface area contributed by atoms with Crippen LogP contribution < -0.4 is 5.73 Å². The number of imidazole rings is 1. The van der Waals surface area contributed by atoms with E-state index in [9.17, 15) is 4.39 Å². The van der Waals surface area contributed by atoms with E-state index < -0.39 is 0 Å². The molecule has 3 rings (SSSR count). The molecule has 0 radical (unpaired) electrons. The van der Waals surface area contributed by atoms with Crippen LogP contribution in [0.1, 0.15) is 0 Å². The molecule has 0 aliphatic heterocycles. The van der Waals surface area contributed by atoms with Gasteiger partial charge in [-0.15, -0.1) is 0 Å². The lowest BCUT2D eigenvalue weighted by Gasteiger charge is -2.09. The molecule has 0 saturated carbocycles. The highest BCUT2D eigenvalue weighted by Gasteiger charge is 2.14. The van der Waals surface area contributed by atoms with Gasteiger partial charge in [0.15, 0.2) is 5.82 Å². The number of nitrogens with two attached hydrogens (primary N) is 1. The van der Waals surface area contributed by atoms with Crippen LogP contribution in [0.2, 0.25) is 0 Å². The van der Waals surface area contributed by atoms with E-state index in [1.165, 1.54) is 6.07 Å². The SMILES string of the molecule is Nc1nc2c(F)cccc2n1-c1ccc(Br)cc1Br. The summed E-state index contributed by atoms with van der Waals surface area (Å²) < 4.78 is 17.2.